The molecule has 0 radical (unpaired) electrons. The van der Waals surface area contributed by atoms with Gasteiger partial charge in [0.05, 0.1) is 17.2 Å². The maximum Gasteiger partial charge on any atom is 0.341 e. The highest BCUT2D eigenvalue weighted by molar-refractivity contribution is 6.32. The van der Waals surface area contributed by atoms with E-state index in [0.717, 1.165) is 10.9 Å². The number of benzene rings is 1. The fraction of sp³-hybridized carbons (Fsp3) is 0.231. The van der Waals surface area contributed by atoms with Gasteiger partial charge >= 0.3 is 5.97 Å². The fourth-order valence-corrected chi connectivity index (χ4v) is 1.74. The molecule has 1 aromatic heterocycles. The van der Waals surface area contributed by atoms with Crippen molar-refractivity contribution in [2.75, 3.05) is 0 Å². The molecule has 4 heteroatoms. The van der Waals surface area contributed by atoms with Gasteiger partial charge in [-0.25, -0.2) is 9.78 Å². The molecule has 0 aliphatic rings. The van der Waals surface area contributed by atoms with Gasteiger partial charge in [-0.1, -0.05) is 29.8 Å². The van der Waals surface area contributed by atoms with Crippen LogP contribution in [0.4, 0.5) is 0 Å². The number of nitrogens with zero attached hydrogens (tertiary/aromatic N) is 1. The third-order valence-electron chi connectivity index (χ3n) is 2.24. The van der Waals surface area contributed by atoms with Crippen molar-refractivity contribution in [3.8, 4) is 0 Å². The quantitative estimate of drug-likeness (QED) is 0.604. The molecule has 0 saturated heterocycles. The van der Waals surface area contributed by atoms with E-state index in [1.54, 1.807) is 19.9 Å². The van der Waals surface area contributed by atoms with Crippen molar-refractivity contribution < 1.29 is 9.53 Å². The predicted molar refractivity (Wildman–Crippen MR) is 67.3 cm³/mol. The zero-order valence-electron chi connectivity index (χ0n) is 9.61. The molecule has 88 valence electrons. The summed E-state index contributed by atoms with van der Waals surface area (Å²) in [7, 11) is 0. The number of esters is 1. The fourth-order valence-electron chi connectivity index (χ4n) is 1.51. The number of carbonyl (C=O) groups excluding carboxylic acids is 1. The first kappa shape index (κ1) is 11.9. The Bertz CT molecular complexity index is 566. The molecule has 0 unspecified atom stereocenters. The van der Waals surface area contributed by atoms with Gasteiger partial charge in [0.2, 0.25) is 0 Å². The van der Waals surface area contributed by atoms with Crippen molar-refractivity contribution in [2.24, 2.45) is 0 Å². The van der Waals surface area contributed by atoms with E-state index in [0.29, 0.717) is 5.56 Å². The summed E-state index contributed by atoms with van der Waals surface area (Å²) in [6, 6.07) is 9.19. The van der Waals surface area contributed by atoms with Crippen LogP contribution >= 0.6 is 11.6 Å². The molecule has 0 amide bonds. The average molecular weight is 250 g/mol. The van der Waals surface area contributed by atoms with Crippen LogP contribution in [0.3, 0.4) is 0 Å². The number of aromatic nitrogens is 1. The SMILES string of the molecule is CC(C)OC(=O)c1cc2ccccc2nc1Cl. The first-order chi connectivity index (χ1) is 8.08. The summed E-state index contributed by atoms with van der Waals surface area (Å²) in [6.07, 6.45) is -0.176. The second-order valence-electron chi connectivity index (χ2n) is 3.97. The molecular formula is C13H12ClNO2. The van der Waals surface area contributed by atoms with Gasteiger partial charge in [0.25, 0.3) is 0 Å². The second-order valence-corrected chi connectivity index (χ2v) is 4.33. The minimum absolute atomic E-state index is 0.175. The maximum absolute atomic E-state index is 11.8. The molecular weight excluding hydrogens is 238 g/mol. The largest absolute Gasteiger partial charge is 0.459 e. The number of carbonyl (C=O) groups is 1. The van der Waals surface area contributed by atoms with Crippen LogP contribution in [0.25, 0.3) is 10.9 Å². The molecule has 0 atom stereocenters. The van der Waals surface area contributed by atoms with E-state index in [1.165, 1.54) is 0 Å². The minimum atomic E-state index is -0.441. The summed E-state index contributed by atoms with van der Waals surface area (Å²) in [5.74, 6) is -0.441. The van der Waals surface area contributed by atoms with E-state index >= 15 is 0 Å². The summed E-state index contributed by atoms with van der Waals surface area (Å²) < 4.78 is 5.10. The van der Waals surface area contributed by atoms with Gasteiger partial charge in [0.15, 0.2) is 0 Å². The normalized spacial score (nSPS) is 10.8. The molecule has 2 rings (SSSR count). The van der Waals surface area contributed by atoms with Gasteiger partial charge in [0, 0.05) is 5.39 Å². The Labute approximate surface area is 104 Å². The molecule has 0 fully saturated rings. The van der Waals surface area contributed by atoms with Crippen molar-refractivity contribution >= 4 is 28.5 Å². The Morgan fingerprint density at radius 2 is 2.06 bits per heavy atom. The van der Waals surface area contributed by atoms with E-state index in [1.807, 2.05) is 24.3 Å². The number of hydrogen-bond donors (Lipinski definition) is 0. The molecule has 2 aromatic rings. The van der Waals surface area contributed by atoms with Crippen molar-refractivity contribution in [1.82, 2.24) is 4.98 Å². The Kier molecular flexibility index (Phi) is 3.29. The van der Waals surface area contributed by atoms with Crippen molar-refractivity contribution in [1.29, 1.82) is 0 Å². The third kappa shape index (κ3) is 2.56. The number of rotatable bonds is 2. The number of pyridine rings is 1. The van der Waals surface area contributed by atoms with E-state index in [4.69, 9.17) is 16.3 Å². The average Bonchev–Trinajstić information content (AvgIpc) is 2.27. The van der Waals surface area contributed by atoms with Crippen LogP contribution in [0.15, 0.2) is 30.3 Å². The van der Waals surface area contributed by atoms with Crippen molar-refractivity contribution in [2.45, 2.75) is 20.0 Å². The highest BCUT2D eigenvalue weighted by Crippen LogP contribution is 2.21. The summed E-state index contributed by atoms with van der Waals surface area (Å²) >= 11 is 5.97. The van der Waals surface area contributed by atoms with Crippen LogP contribution in [0, 0.1) is 0 Å². The minimum Gasteiger partial charge on any atom is -0.459 e. The molecule has 0 N–H and O–H groups in total. The lowest BCUT2D eigenvalue weighted by molar-refractivity contribution is 0.0378. The topological polar surface area (TPSA) is 39.2 Å². The van der Waals surface area contributed by atoms with Gasteiger partial charge in [-0.2, -0.15) is 0 Å². The van der Waals surface area contributed by atoms with Crippen LogP contribution in [0.5, 0.6) is 0 Å². The molecule has 1 aromatic carbocycles. The van der Waals surface area contributed by atoms with Crippen LogP contribution in [-0.4, -0.2) is 17.1 Å². The Morgan fingerprint density at radius 3 is 2.76 bits per heavy atom. The van der Waals surface area contributed by atoms with Crippen molar-refractivity contribution in [3.63, 3.8) is 0 Å². The monoisotopic (exact) mass is 249 g/mol. The zero-order valence-corrected chi connectivity index (χ0v) is 10.4. The van der Waals surface area contributed by atoms with E-state index in [-0.39, 0.29) is 11.3 Å². The van der Waals surface area contributed by atoms with Gasteiger partial charge in [-0.05, 0) is 26.0 Å². The number of halogens is 1. The molecule has 0 spiro atoms. The molecule has 3 nitrogen and oxygen atoms in total. The summed E-state index contributed by atoms with van der Waals surface area (Å²) in [4.78, 5) is 15.9. The second kappa shape index (κ2) is 4.72. The number of para-hydroxylation sites is 1. The molecule has 0 aliphatic carbocycles. The summed E-state index contributed by atoms with van der Waals surface area (Å²) in [6.45, 7) is 3.58. The lowest BCUT2D eigenvalue weighted by Gasteiger charge is -2.09. The van der Waals surface area contributed by atoms with Crippen LogP contribution < -0.4 is 0 Å². The lowest BCUT2D eigenvalue weighted by atomic mass is 10.1. The van der Waals surface area contributed by atoms with Gasteiger partial charge < -0.3 is 4.74 Å². The van der Waals surface area contributed by atoms with Crippen LogP contribution in [0.2, 0.25) is 5.15 Å². The van der Waals surface area contributed by atoms with Crippen molar-refractivity contribution in [3.05, 3.63) is 41.0 Å². The maximum atomic E-state index is 11.8. The van der Waals surface area contributed by atoms with Gasteiger partial charge in [-0.15, -0.1) is 0 Å². The Hall–Kier alpha value is -1.61. The summed E-state index contributed by atoms with van der Waals surface area (Å²) in [5, 5.41) is 1.04. The predicted octanol–water partition coefficient (Wildman–Crippen LogP) is 3.45. The number of ether oxygens (including phenoxy) is 1. The zero-order chi connectivity index (χ0) is 12.4. The molecule has 17 heavy (non-hydrogen) atoms. The van der Waals surface area contributed by atoms with E-state index in [9.17, 15) is 4.79 Å². The standard InChI is InChI=1S/C13H12ClNO2/c1-8(2)17-13(16)10-7-9-5-3-4-6-11(9)15-12(10)14/h3-8H,1-2H3. The highest BCUT2D eigenvalue weighted by Gasteiger charge is 2.15. The van der Waals surface area contributed by atoms with E-state index in [2.05, 4.69) is 4.98 Å². The van der Waals surface area contributed by atoms with E-state index < -0.39 is 5.97 Å². The van der Waals surface area contributed by atoms with Crippen LogP contribution in [0.1, 0.15) is 24.2 Å². The first-order valence-corrected chi connectivity index (χ1v) is 5.72. The number of fused-ring (bicyclic) bond motifs is 1. The van der Waals surface area contributed by atoms with Crippen LogP contribution in [-0.2, 0) is 4.74 Å². The Morgan fingerprint density at radius 1 is 1.35 bits per heavy atom. The smallest absolute Gasteiger partial charge is 0.341 e. The summed E-state index contributed by atoms with van der Waals surface area (Å²) in [5.41, 5.74) is 1.07. The first-order valence-electron chi connectivity index (χ1n) is 5.34. The molecule has 0 aliphatic heterocycles. The highest BCUT2D eigenvalue weighted by atomic mass is 35.5. The molecule has 0 bridgehead atoms. The van der Waals surface area contributed by atoms with Gasteiger partial charge in [-0.3, -0.25) is 0 Å². The lowest BCUT2D eigenvalue weighted by Crippen LogP contribution is -2.12. The third-order valence-corrected chi connectivity index (χ3v) is 2.53. The number of hydrogen-bond acceptors (Lipinski definition) is 3. The molecule has 1 heterocycles. The van der Waals surface area contributed by atoms with Gasteiger partial charge in [0.1, 0.15) is 5.15 Å². The Balaban J connectivity index is 2.47. The molecule has 0 saturated carbocycles.